The SMILES string of the molecule is NC(=O)C1(C(=O)N2C[C@@H](Cc3cnccn3)[C@H](O)C2)CC1. The maximum Gasteiger partial charge on any atom is 0.238 e. The number of carbonyl (C=O) groups is 2. The second kappa shape index (κ2) is 5.07. The number of aliphatic hydroxyl groups excluding tert-OH is 1. The Hall–Kier alpha value is -2.02. The normalized spacial score (nSPS) is 26.6. The van der Waals surface area contributed by atoms with Gasteiger partial charge in [0.2, 0.25) is 11.8 Å². The zero-order valence-electron chi connectivity index (χ0n) is 11.6. The van der Waals surface area contributed by atoms with Crippen molar-refractivity contribution in [2.75, 3.05) is 13.1 Å². The Morgan fingerprint density at radius 1 is 1.38 bits per heavy atom. The number of hydrogen-bond donors (Lipinski definition) is 2. The van der Waals surface area contributed by atoms with Gasteiger partial charge in [0.15, 0.2) is 0 Å². The molecule has 112 valence electrons. The molecule has 2 heterocycles. The zero-order valence-corrected chi connectivity index (χ0v) is 11.6. The van der Waals surface area contributed by atoms with Crippen molar-refractivity contribution in [3.8, 4) is 0 Å². The molecule has 7 heteroatoms. The van der Waals surface area contributed by atoms with E-state index in [1.807, 2.05) is 0 Å². The topological polar surface area (TPSA) is 109 Å². The molecule has 2 amide bonds. The van der Waals surface area contributed by atoms with Crippen molar-refractivity contribution in [3.05, 3.63) is 24.3 Å². The molecule has 0 aromatic carbocycles. The second-order valence-electron chi connectivity index (χ2n) is 5.88. The van der Waals surface area contributed by atoms with Gasteiger partial charge in [-0.1, -0.05) is 0 Å². The van der Waals surface area contributed by atoms with Crippen LogP contribution in [0.4, 0.5) is 0 Å². The van der Waals surface area contributed by atoms with Crippen LogP contribution in [-0.2, 0) is 16.0 Å². The molecule has 2 aliphatic rings. The lowest BCUT2D eigenvalue weighted by atomic mass is 10.0. The molecule has 2 atom stereocenters. The number of nitrogens with zero attached hydrogens (tertiary/aromatic N) is 3. The predicted molar refractivity (Wildman–Crippen MR) is 72.7 cm³/mol. The molecule has 0 radical (unpaired) electrons. The lowest BCUT2D eigenvalue weighted by Crippen LogP contribution is -2.42. The molecule has 3 N–H and O–H groups in total. The van der Waals surface area contributed by atoms with Crippen molar-refractivity contribution in [2.24, 2.45) is 17.1 Å². The Labute approximate surface area is 122 Å². The van der Waals surface area contributed by atoms with Gasteiger partial charge < -0.3 is 15.7 Å². The van der Waals surface area contributed by atoms with E-state index in [2.05, 4.69) is 9.97 Å². The number of aromatic nitrogens is 2. The van der Waals surface area contributed by atoms with Gasteiger partial charge in [-0.3, -0.25) is 19.6 Å². The van der Waals surface area contributed by atoms with Crippen LogP contribution >= 0.6 is 0 Å². The van der Waals surface area contributed by atoms with Crippen LogP contribution in [0.5, 0.6) is 0 Å². The van der Waals surface area contributed by atoms with E-state index in [4.69, 9.17) is 5.73 Å². The minimum absolute atomic E-state index is 0.0886. The quantitative estimate of drug-likeness (QED) is 0.699. The van der Waals surface area contributed by atoms with Crippen molar-refractivity contribution in [1.82, 2.24) is 14.9 Å². The summed E-state index contributed by atoms with van der Waals surface area (Å²) in [6, 6.07) is 0. The first-order chi connectivity index (χ1) is 10.0. The summed E-state index contributed by atoms with van der Waals surface area (Å²) in [5.74, 6) is -0.885. The summed E-state index contributed by atoms with van der Waals surface area (Å²) in [6.07, 6.45) is 5.83. The van der Waals surface area contributed by atoms with Gasteiger partial charge in [0, 0.05) is 37.6 Å². The number of hydrogen-bond acceptors (Lipinski definition) is 5. The summed E-state index contributed by atoms with van der Waals surface area (Å²) in [5, 5.41) is 10.1. The summed E-state index contributed by atoms with van der Waals surface area (Å²) < 4.78 is 0. The molecule has 1 saturated heterocycles. The third-order valence-corrected chi connectivity index (χ3v) is 4.41. The number of carbonyl (C=O) groups excluding carboxylic acids is 2. The summed E-state index contributed by atoms with van der Waals surface area (Å²) in [6.45, 7) is 0.671. The Balaban J connectivity index is 1.66. The molecule has 21 heavy (non-hydrogen) atoms. The van der Waals surface area contributed by atoms with Crippen LogP contribution in [-0.4, -0.2) is 51.0 Å². The van der Waals surface area contributed by atoms with Crippen LogP contribution in [0.3, 0.4) is 0 Å². The molecule has 1 aliphatic carbocycles. The highest BCUT2D eigenvalue weighted by atomic mass is 16.3. The zero-order chi connectivity index (χ0) is 15.0. The van der Waals surface area contributed by atoms with Gasteiger partial charge in [0.25, 0.3) is 0 Å². The summed E-state index contributed by atoms with van der Waals surface area (Å²) >= 11 is 0. The molecule has 0 bridgehead atoms. The molecule has 0 spiro atoms. The van der Waals surface area contributed by atoms with E-state index in [0.717, 1.165) is 5.69 Å². The van der Waals surface area contributed by atoms with E-state index >= 15 is 0 Å². The number of likely N-dealkylation sites (tertiary alicyclic amines) is 1. The van der Waals surface area contributed by atoms with E-state index < -0.39 is 17.4 Å². The van der Waals surface area contributed by atoms with Crippen molar-refractivity contribution in [1.29, 1.82) is 0 Å². The molecule has 1 aromatic rings. The van der Waals surface area contributed by atoms with E-state index in [-0.39, 0.29) is 18.4 Å². The predicted octanol–water partition coefficient (Wildman–Crippen LogP) is -0.896. The van der Waals surface area contributed by atoms with Crippen LogP contribution in [0.1, 0.15) is 18.5 Å². The van der Waals surface area contributed by atoms with Gasteiger partial charge in [-0.15, -0.1) is 0 Å². The molecule has 3 rings (SSSR count). The Morgan fingerprint density at radius 2 is 2.14 bits per heavy atom. The van der Waals surface area contributed by atoms with Gasteiger partial charge in [-0.2, -0.15) is 0 Å². The van der Waals surface area contributed by atoms with E-state index in [0.29, 0.717) is 25.8 Å². The third kappa shape index (κ3) is 2.49. The van der Waals surface area contributed by atoms with Crippen LogP contribution < -0.4 is 5.73 Å². The van der Waals surface area contributed by atoms with E-state index in [9.17, 15) is 14.7 Å². The largest absolute Gasteiger partial charge is 0.391 e. The van der Waals surface area contributed by atoms with Crippen molar-refractivity contribution in [2.45, 2.75) is 25.4 Å². The lowest BCUT2D eigenvalue weighted by molar-refractivity contribution is -0.142. The number of rotatable bonds is 4. The standard InChI is InChI=1S/C14H18N4O3/c15-12(20)14(1-2-14)13(21)18-7-9(11(19)8-18)5-10-6-16-3-4-17-10/h3-4,6,9,11,19H,1-2,5,7-8H2,(H2,15,20)/t9-,11-/m1/s1. The Kier molecular flexibility index (Phi) is 3.36. The van der Waals surface area contributed by atoms with Crippen LogP contribution in [0.25, 0.3) is 0 Å². The highest BCUT2D eigenvalue weighted by molar-refractivity contribution is 6.07. The summed E-state index contributed by atoms with van der Waals surface area (Å²) in [5.41, 5.74) is 5.10. The number of β-amino-alcohol motifs (C(OH)–C–C–N with tert-alkyl or cyclic N) is 1. The second-order valence-corrected chi connectivity index (χ2v) is 5.88. The van der Waals surface area contributed by atoms with Crippen LogP contribution in [0.2, 0.25) is 0 Å². The van der Waals surface area contributed by atoms with E-state index in [1.54, 1.807) is 23.5 Å². The molecule has 7 nitrogen and oxygen atoms in total. The molecule has 1 aromatic heterocycles. The van der Waals surface area contributed by atoms with Crippen LogP contribution in [0.15, 0.2) is 18.6 Å². The van der Waals surface area contributed by atoms with Crippen molar-refractivity contribution >= 4 is 11.8 Å². The van der Waals surface area contributed by atoms with Gasteiger partial charge in [0.1, 0.15) is 5.41 Å². The molecule has 1 saturated carbocycles. The summed E-state index contributed by atoms with van der Waals surface area (Å²) in [7, 11) is 0. The number of aliphatic hydroxyl groups is 1. The highest BCUT2D eigenvalue weighted by Crippen LogP contribution is 2.47. The minimum atomic E-state index is -1.01. The monoisotopic (exact) mass is 290 g/mol. The number of amides is 2. The maximum atomic E-state index is 12.4. The van der Waals surface area contributed by atoms with Crippen molar-refractivity contribution < 1.29 is 14.7 Å². The first kappa shape index (κ1) is 13.9. The first-order valence-electron chi connectivity index (χ1n) is 7.05. The minimum Gasteiger partial charge on any atom is -0.391 e. The van der Waals surface area contributed by atoms with Gasteiger partial charge in [-0.05, 0) is 19.3 Å². The fourth-order valence-electron chi connectivity index (χ4n) is 2.92. The smallest absolute Gasteiger partial charge is 0.238 e. The van der Waals surface area contributed by atoms with Crippen molar-refractivity contribution in [3.63, 3.8) is 0 Å². The fourth-order valence-corrected chi connectivity index (χ4v) is 2.92. The average Bonchev–Trinajstić information content (AvgIpc) is 3.21. The fraction of sp³-hybridized carbons (Fsp3) is 0.571. The van der Waals surface area contributed by atoms with E-state index in [1.165, 1.54) is 0 Å². The number of primary amides is 1. The Bertz CT molecular complexity index is 559. The average molecular weight is 290 g/mol. The van der Waals surface area contributed by atoms with Gasteiger partial charge in [-0.25, -0.2) is 0 Å². The molecule has 2 fully saturated rings. The summed E-state index contributed by atoms with van der Waals surface area (Å²) in [4.78, 5) is 33.6. The molecule has 1 aliphatic heterocycles. The van der Waals surface area contributed by atoms with Gasteiger partial charge >= 0.3 is 0 Å². The lowest BCUT2D eigenvalue weighted by Gasteiger charge is -2.20. The molecular formula is C14H18N4O3. The van der Waals surface area contributed by atoms with Crippen LogP contribution in [0, 0.1) is 11.3 Å². The van der Waals surface area contributed by atoms with Gasteiger partial charge in [0.05, 0.1) is 11.8 Å². The highest BCUT2D eigenvalue weighted by Gasteiger charge is 2.58. The molecular weight excluding hydrogens is 272 g/mol. The maximum absolute atomic E-state index is 12.4. The third-order valence-electron chi connectivity index (χ3n) is 4.41. The Morgan fingerprint density at radius 3 is 2.71 bits per heavy atom. The molecule has 0 unspecified atom stereocenters. The first-order valence-corrected chi connectivity index (χ1v) is 7.05. The number of nitrogens with two attached hydrogens (primary N) is 1.